The maximum absolute atomic E-state index is 8.97. The van der Waals surface area contributed by atoms with Crippen LogP contribution in [0.25, 0.3) is 0 Å². The molecule has 0 aliphatic carbocycles. The topological polar surface area (TPSA) is 53.4 Å². The molecule has 86 valence electrons. The van der Waals surface area contributed by atoms with Crippen molar-refractivity contribution in [2.75, 3.05) is 0 Å². The molecule has 17 heavy (non-hydrogen) atoms. The summed E-state index contributed by atoms with van der Waals surface area (Å²) in [5.74, 6) is 0.853. The highest BCUT2D eigenvalue weighted by atomic mass is 32.2. The molecule has 0 fully saturated rings. The molecule has 1 aromatic heterocycles. The lowest BCUT2D eigenvalue weighted by molar-refractivity contribution is 0.426. The zero-order valence-corrected chi connectivity index (χ0v) is 9.97. The molecule has 5 heteroatoms. The Morgan fingerprint density at radius 1 is 1.00 bits per heavy atom. The van der Waals surface area contributed by atoms with E-state index in [4.69, 9.17) is 10.0 Å². The Bertz CT molecular complexity index is 462. The van der Waals surface area contributed by atoms with Crippen LogP contribution in [0.15, 0.2) is 53.7 Å². The second kappa shape index (κ2) is 5.86. The molecule has 0 saturated heterocycles. The third-order valence-electron chi connectivity index (χ3n) is 2.33. The monoisotopic (exact) mass is 245 g/mol. The van der Waals surface area contributed by atoms with Gasteiger partial charge in [0.15, 0.2) is 0 Å². The fourth-order valence-corrected chi connectivity index (χ4v) is 2.23. The summed E-state index contributed by atoms with van der Waals surface area (Å²) >= 11 is 1.72. The smallest absolute Gasteiger partial charge is 0.423 e. The van der Waals surface area contributed by atoms with Gasteiger partial charge in [-0.25, -0.2) is 0 Å². The number of pyridine rings is 1. The fraction of sp³-hybridized carbons (Fsp3) is 0.0833. The lowest BCUT2D eigenvalue weighted by Gasteiger charge is -2.03. The first-order chi connectivity index (χ1) is 8.25. The molecule has 0 aliphatic heterocycles. The quantitative estimate of drug-likeness (QED) is 0.624. The van der Waals surface area contributed by atoms with Crippen LogP contribution in [0, 0.1) is 0 Å². The van der Waals surface area contributed by atoms with Gasteiger partial charge in [0, 0.05) is 23.0 Å². The van der Waals surface area contributed by atoms with E-state index in [0.717, 1.165) is 11.3 Å². The van der Waals surface area contributed by atoms with Crippen LogP contribution in [0.1, 0.15) is 5.56 Å². The number of hydrogen-bond donors (Lipinski definition) is 2. The van der Waals surface area contributed by atoms with Crippen LogP contribution in [0.5, 0.6) is 0 Å². The van der Waals surface area contributed by atoms with E-state index in [1.54, 1.807) is 36.3 Å². The summed E-state index contributed by atoms with van der Waals surface area (Å²) in [7, 11) is -1.39. The van der Waals surface area contributed by atoms with Gasteiger partial charge >= 0.3 is 7.12 Å². The van der Waals surface area contributed by atoms with Crippen molar-refractivity contribution in [3.8, 4) is 0 Å². The highest BCUT2D eigenvalue weighted by molar-refractivity contribution is 7.98. The van der Waals surface area contributed by atoms with E-state index in [2.05, 4.69) is 4.98 Å². The van der Waals surface area contributed by atoms with Gasteiger partial charge in [0.05, 0.1) is 0 Å². The highest BCUT2D eigenvalue weighted by Crippen LogP contribution is 2.21. The Balaban J connectivity index is 1.96. The second-order valence-corrected chi connectivity index (χ2v) is 4.64. The van der Waals surface area contributed by atoms with Crippen LogP contribution >= 0.6 is 11.8 Å². The zero-order chi connectivity index (χ0) is 12.1. The second-order valence-electron chi connectivity index (χ2n) is 3.59. The van der Waals surface area contributed by atoms with E-state index in [-0.39, 0.29) is 0 Å². The first kappa shape index (κ1) is 12.2. The molecular formula is C12H12BNO2S. The number of benzene rings is 1. The SMILES string of the molecule is OB(O)c1ccc(CSc2ccncc2)cc1. The molecule has 0 amide bonds. The maximum atomic E-state index is 8.97. The molecule has 0 aliphatic rings. The van der Waals surface area contributed by atoms with E-state index < -0.39 is 7.12 Å². The van der Waals surface area contributed by atoms with Crippen molar-refractivity contribution in [2.24, 2.45) is 0 Å². The number of hydrogen-bond acceptors (Lipinski definition) is 4. The summed E-state index contributed by atoms with van der Waals surface area (Å²) in [4.78, 5) is 5.13. The van der Waals surface area contributed by atoms with Crippen molar-refractivity contribution < 1.29 is 10.0 Å². The highest BCUT2D eigenvalue weighted by Gasteiger charge is 2.09. The molecule has 0 spiro atoms. The Kier molecular flexibility index (Phi) is 4.20. The van der Waals surface area contributed by atoms with Crippen LogP contribution in [0.4, 0.5) is 0 Å². The van der Waals surface area contributed by atoms with E-state index in [0.29, 0.717) is 5.46 Å². The fourth-order valence-electron chi connectivity index (χ4n) is 1.39. The Morgan fingerprint density at radius 2 is 1.65 bits per heavy atom. The Labute approximate surface area is 105 Å². The summed E-state index contributed by atoms with van der Waals surface area (Å²) in [5.41, 5.74) is 1.67. The largest absolute Gasteiger partial charge is 0.488 e. The minimum Gasteiger partial charge on any atom is -0.423 e. The Hall–Kier alpha value is -1.30. The summed E-state index contributed by atoms with van der Waals surface area (Å²) in [6, 6.07) is 11.2. The third-order valence-corrected chi connectivity index (χ3v) is 3.42. The van der Waals surface area contributed by atoms with Gasteiger partial charge in [-0.3, -0.25) is 4.98 Å². The molecule has 2 aromatic rings. The molecule has 3 nitrogen and oxygen atoms in total. The van der Waals surface area contributed by atoms with Gasteiger partial charge < -0.3 is 10.0 Å². The summed E-state index contributed by atoms with van der Waals surface area (Å²) in [6.07, 6.45) is 3.54. The van der Waals surface area contributed by atoms with Crippen molar-refractivity contribution in [1.29, 1.82) is 0 Å². The van der Waals surface area contributed by atoms with Crippen molar-refractivity contribution in [3.63, 3.8) is 0 Å². The average Bonchev–Trinajstić information content (AvgIpc) is 2.38. The minimum atomic E-state index is -1.39. The predicted molar refractivity (Wildman–Crippen MR) is 70.1 cm³/mol. The van der Waals surface area contributed by atoms with E-state index >= 15 is 0 Å². The molecule has 0 radical (unpaired) electrons. The summed E-state index contributed by atoms with van der Waals surface area (Å²) in [6.45, 7) is 0. The van der Waals surface area contributed by atoms with Crippen LogP contribution in [-0.4, -0.2) is 22.2 Å². The number of thioether (sulfide) groups is 1. The molecule has 0 saturated carbocycles. The lowest BCUT2D eigenvalue weighted by Crippen LogP contribution is -2.29. The lowest BCUT2D eigenvalue weighted by atomic mass is 9.80. The Morgan fingerprint density at radius 3 is 2.24 bits per heavy atom. The average molecular weight is 245 g/mol. The first-order valence-electron chi connectivity index (χ1n) is 5.23. The van der Waals surface area contributed by atoms with Crippen LogP contribution in [-0.2, 0) is 5.75 Å². The van der Waals surface area contributed by atoms with Crippen LogP contribution in [0.3, 0.4) is 0 Å². The molecule has 2 N–H and O–H groups in total. The van der Waals surface area contributed by atoms with Gasteiger partial charge in [-0.15, -0.1) is 11.8 Å². The van der Waals surface area contributed by atoms with Gasteiger partial charge in [-0.1, -0.05) is 24.3 Å². The van der Waals surface area contributed by atoms with Crippen molar-refractivity contribution in [3.05, 3.63) is 54.4 Å². The van der Waals surface area contributed by atoms with Gasteiger partial charge in [-0.05, 0) is 23.2 Å². The number of rotatable bonds is 4. The predicted octanol–water partition coefficient (Wildman–Crippen LogP) is 1.05. The van der Waals surface area contributed by atoms with Crippen molar-refractivity contribution in [2.45, 2.75) is 10.6 Å². The van der Waals surface area contributed by atoms with E-state index in [1.807, 2.05) is 24.3 Å². The van der Waals surface area contributed by atoms with Gasteiger partial charge in [-0.2, -0.15) is 0 Å². The maximum Gasteiger partial charge on any atom is 0.488 e. The van der Waals surface area contributed by atoms with E-state index in [9.17, 15) is 0 Å². The molecule has 2 rings (SSSR count). The number of nitrogens with zero attached hydrogens (tertiary/aromatic N) is 1. The number of aromatic nitrogens is 1. The zero-order valence-electron chi connectivity index (χ0n) is 9.15. The summed E-state index contributed by atoms with van der Waals surface area (Å²) < 4.78 is 0. The molecular weight excluding hydrogens is 233 g/mol. The van der Waals surface area contributed by atoms with E-state index in [1.165, 1.54) is 4.90 Å². The standard InChI is InChI=1S/C12H12BNO2S/c15-13(16)11-3-1-10(2-4-11)9-17-12-5-7-14-8-6-12/h1-8,15-16H,9H2. The summed E-state index contributed by atoms with van der Waals surface area (Å²) in [5, 5.41) is 17.9. The van der Waals surface area contributed by atoms with Crippen LogP contribution < -0.4 is 5.46 Å². The molecule has 0 unspecified atom stereocenters. The van der Waals surface area contributed by atoms with Crippen molar-refractivity contribution >= 4 is 24.3 Å². The molecule has 1 heterocycles. The van der Waals surface area contributed by atoms with Gasteiger partial charge in [0.25, 0.3) is 0 Å². The first-order valence-corrected chi connectivity index (χ1v) is 6.22. The molecule has 1 aromatic carbocycles. The van der Waals surface area contributed by atoms with Crippen molar-refractivity contribution in [1.82, 2.24) is 4.98 Å². The minimum absolute atomic E-state index is 0.516. The van der Waals surface area contributed by atoms with Crippen LogP contribution in [0.2, 0.25) is 0 Å². The third kappa shape index (κ3) is 3.59. The normalized spacial score (nSPS) is 10.2. The van der Waals surface area contributed by atoms with Gasteiger partial charge in [0.2, 0.25) is 0 Å². The van der Waals surface area contributed by atoms with Gasteiger partial charge in [0.1, 0.15) is 0 Å². The molecule has 0 bridgehead atoms. The molecule has 0 atom stereocenters.